The van der Waals surface area contributed by atoms with Gasteiger partial charge in [-0.1, -0.05) is 6.07 Å². The van der Waals surface area contributed by atoms with Crippen molar-refractivity contribution in [2.75, 3.05) is 18.5 Å². The number of amides is 2. The fourth-order valence-electron chi connectivity index (χ4n) is 1.99. The predicted molar refractivity (Wildman–Crippen MR) is 94.7 cm³/mol. The van der Waals surface area contributed by atoms with Gasteiger partial charge >= 0.3 is 5.97 Å². The zero-order valence-electron chi connectivity index (χ0n) is 14.1. The monoisotopic (exact) mass is 379 g/mol. The van der Waals surface area contributed by atoms with Crippen molar-refractivity contribution >= 4 is 34.3 Å². The van der Waals surface area contributed by atoms with E-state index in [1.54, 1.807) is 6.92 Å². The maximum absolute atomic E-state index is 13.1. The van der Waals surface area contributed by atoms with Crippen molar-refractivity contribution in [1.29, 1.82) is 0 Å². The molecule has 0 aliphatic heterocycles. The highest BCUT2D eigenvalue weighted by Gasteiger charge is 2.13. The van der Waals surface area contributed by atoms with Gasteiger partial charge in [0.2, 0.25) is 0 Å². The van der Waals surface area contributed by atoms with Crippen LogP contribution in [0.25, 0.3) is 0 Å². The number of nitrogens with one attached hydrogen (secondary N) is 2. The lowest BCUT2D eigenvalue weighted by molar-refractivity contribution is -0.143. The van der Waals surface area contributed by atoms with E-state index in [-0.39, 0.29) is 28.8 Å². The van der Waals surface area contributed by atoms with Crippen molar-refractivity contribution < 1.29 is 23.5 Å². The second kappa shape index (κ2) is 9.62. The number of aromatic nitrogens is 1. The fraction of sp³-hybridized carbons (Fsp3) is 0.294. The zero-order chi connectivity index (χ0) is 18.9. The molecule has 0 saturated heterocycles. The van der Waals surface area contributed by atoms with Gasteiger partial charge in [-0.25, -0.2) is 9.37 Å². The van der Waals surface area contributed by atoms with Gasteiger partial charge in [0.15, 0.2) is 5.13 Å². The van der Waals surface area contributed by atoms with Gasteiger partial charge in [0.25, 0.3) is 11.8 Å². The summed E-state index contributed by atoms with van der Waals surface area (Å²) >= 11 is 1.08. The summed E-state index contributed by atoms with van der Waals surface area (Å²) in [5, 5.41) is 6.89. The number of carbonyl (C=O) groups is 3. The molecule has 0 saturated carbocycles. The standard InChI is InChI=1S/C17H18FN3O4S/c1-2-25-14(22)7-4-8-19-16(24)13-10-26-17(20-13)21-15(23)11-5-3-6-12(18)9-11/h3,5-6,9-10H,2,4,7-8H2,1H3,(H,19,24)(H,20,21,23). The maximum Gasteiger partial charge on any atom is 0.305 e. The van der Waals surface area contributed by atoms with Gasteiger partial charge in [-0.15, -0.1) is 11.3 Å². The molecule has 1 aromatic heterocycles. The van der Waals surface area contributed by atoms with Crippen LogP contribution >= 0.6 is 11.3 Å². The highest BCUT2D eigenvalue weighted by atomic mass is 32.1. The van der Waals surface area contributed by atoms with Crippen LogP contribution in [0.1, 0.15) is 40.6 Å². The number of hydrogen-bond acceptors (Lipinski definition) is 6. The van der Waals surface area contributed by atoms with Crippen molar-refractivity contribution in [1.82, 2.24) is 10.3 Å². The first-order valence-electron chi connectivity index (χ1n) is 7.96. The smallest absolute Gasteiger partial charge is 0.305 e. The Hall–Kier alpha value is -2.81. The second-order valence-corrected chi connectivity index (χ2v) is 6.02. The van der Waals surface area contributed by atoms with E-state index < -0.39 is 17.6 Å². The number of thiazole rings is 1. The largest absolute Gasteiger partial charge is 0.466 e. The third-order valence-electron chi connectivity index (χ3n) is 3.19. The van der Waals surface area contributed by atoms with Gasteiger partial charge in [-0.3, -0.25) is 19.7 Å². The molecule has 2 N–H and O–H groups in total. The highest BCUT2D eigenvalue weighted by Crippen LogP contribution is 2.17. The Morgan fingerprint density at radius 3 is 2.81 bits per heavy atom. The van der Waals surface area contributed by atoms with Crippen molar-refractivity contribution in [3.05, 3.63) is 46.7 Å². The SMILES string of the molecule is CCOC(=O)CCCNC(=O)c1csc(NC(=O)c2cccc(F)c2)n1. The van der Waals surface area contributed by atoms with Gasteiger partial charge in [0, 0.05) is 23.9 Å². The summed E-state index contributed by atoms with van der Waals surface area (Å²) in [7, 11) is 0. The van der Waals surface area contributed by atoms with E-state index in [1.165, 1.54) is 23.6 Å². The quantitative estimate of drug-likeness (QED) is 0.543. The van der Waals surface area contributed by atoms with Gasteiger partial charge in [-0.2, -0.15) is 0 Å². The Kier molecular flexibility index (Phi) is 7.22. The molecule has 0 atom stereocenters. The summed E-state index contributed by atoms with van der Waals surface area (Å²) in [6.45, 7) is 2.36. The van der Waals surface area contributed by atoms with Crippen LogP contribution in [0.5, 0.6) is 0 Å². The van der Waals surface area contributed by atoms with Crippen LogP contribution in [0.2, 0.25) is 0 Å². The lowest BCUT2D eigenvalue weighted by Gasteiger charge is -2.03. The topological polar surface area (TPSA) is 97.4 Å². The third-order valence-corrected chi connectivity index (χ3v) is 3.95. The van der Waals surface area contributed by atoms with Gasteiger partial charge < -0.3 is 10.1 Å². The molecule has 0 aliphatic carbocycles. The normalized spacial score (nSPS) is 10.2. The summed E-state index contributed by atoms with van der Waals surface area (Å²) in [4.78, 5) is 39.2. The van der Waals surface area contributed by atoms with E-state index in [1.807, 2.05) is 0 Å². The molecule has 26 heavy (non-hydrogen) atoms. The van der Waals surface area contributed by atoms with Gasteiger partial charge in [-0.05, 0) is 31.5 Å². The molecule has 2 aromatic rings. The Bertz CT molecular complexity index is 794. The zero-order valence-corrected chi connectivity index (χ0v) is 14.9. The molecule has 9 heteroatoms. The number of halogens is 1. The predicted octanol–water partition coefficient (Wildman–Crippen LogP) is 2.61. The first kappa shape index (κ1) is 19.5. The summed E-state index contributed by atoms with van der Waals surface area (Å²) < 4.78 is 17.9. The minimum atomic E-state index is -0.514. The molecule has 1 aromatic carbocycles. The lowest BCUT2D eigenvalue weighted by Crippen LogP contribution is -2.25. The number of carbonyl (C=O) groups excluding carboxylic acids is 3. The van der Waals surface area contributed by atoms with E-state index in [0.717, 1.165) is 17.4 Å². The molecule has 1 heterocycles. The van der Waals surface area contributed by atoms with Gasteiger partial charge in [0.05, 0.1) is 6.61 Å². The summed E-state index contributed by atoms with van der Waals surface area (Å²) in [6.07, 6.45) is 0.679. The minimum Gasteiger partial charge on any atom is -0.466 e. The number of benzene rings is 1. The molecule has 2 rings (SSSR count). The molecule has 0 fully saturated rings. The first-order chi connectivity index (χ1) is 12.5. The summed E-state index contributed by atoms with van der Waals surface area (Å²) in [6, 6.07) is 5.26. The highest BCUT2D eigenvalue weighted by molar-refractivity contribution is 7.14. The molecule has 0 aliphatic rings. The Morgan fingerprint density at radius 2 is 2.08 bits per heavy atom. The molecule has 138 valence electrons. The van der Waals surface area contributed by atoms with Crippen LogP contribution in [0.15, 0.2) is 29.6 Å². The molecule has 7 nitrogen and oxygen atoms in total. The fourth-order valence-corrected chi connectivity index (χ4v) is 2.68. The van der Waals surface area contributed by atoms with Crippen LogP contribution in [0.4, 0.5) is 9.52 Å². The number of ether oxygens (including phenoxy) is 1. The van der Waals surface area contributed by atoms with Crippen LogP contribution < -0.4 is 10.6 Å². The number of nitrogens with zero attached hydrogens (tertiary/aromatic N) is 1. The molecular formula is C17H18FN3O4S. The van der Waals surface area contributed by atoms with Crippen molar-refractivity contribution in [2.45, 2.75) is 19.8 Å². The Balaban J connectivity index is 1.82. The number of esters is 1. The van der Waals surface area contributed by atoms with E-state index in [9.17, 15) is 18.8 Å². The average Bonchev–Trinajstić information content (AvgIpc) is 3.07. The first-order valence-corrected chi connectivity index (χ1v) is 8.84. The number of hydrogen-bond donors (Lipinski definition) is 2. The summed E-state index contributed by atoms with van der Waals surface area (Å²) in [5.74, 6) is -1.74. The maximum atomic E-state index is 13.1. The molecule has 0 bridgehead atoms. The van der Waals surface area contributed by atoms with Crippen LogP contribution in [0, 0.1) is 5.82 Å². The second-order valence-electron chi connectivity index (χ2n) is 5.17. The molecule has 0 radical (unpaired) electrons. The van der Waals surface area contributed by atoms with Gasteiger partial charge in [0.1, 0.15) is 11.5 Å². The van der Waals surface area contributed by atoms with Crippen LogP contribution in [0.3, 0.4) is 0 Å². The van der Waals surface area contributed by atoms with Crippen molar-refractivity contribution in [3.63, 3.8) is 0 Å². The summed E-state index contributed by atoms with van der Waals surface area (Å²) in [5.41, 5.74) is 0.311. The Labute approximate surface area is 153 Å². The van der Waals surface area contributed by atoms with E-state index >= 15 is 0 Å². The van der Waals surface area contributed by atoms with Crippen LogP contribution in [-0.2, 0) is 9.53 Å². The van der Waals surface area contributed by atoms with E-state index in [2.05, 4.69) is 15.6 Å². The Morgan fingerprint density at radius 1 is 1.27 bits per heavy atom. The molecule has 0 unspecified atom stereocenters. The minimum absolute atomic E-state index is 0.153. The van der Waals surface area contributed by atoms with E-state index in [4.69, 9.17) is 4.74 Å². The number of rotatable bonds is 8. The number of anilines is 1. The van der Waals surface area contributed by atoms with Crippen LogP contribution in [-0.4, -0.2) is 35.9 Å². The molecule has 2 amide bonds. The van der Waals surface area contributed by atoms with Crippen molar-refractivity contribution in [2.24, 2.45) is 0 Å². The lowest BCUT2D eigenvalue weighted by atomic mass is 10.2. The molecule has 0 spiro atoms. The average molecular weight is 379 g/mol. The van der Waals surface area contributed by atoms with Crippen molar-refractivity contribution in [3.8, 4) is 0 Å². The third kappa shape index (κ3) is 5.92. The van der Waals surface area contributed by atoms with E-state index in [0.29, 0.717) is 19.6 Å². The molecular weight excluding hydrogens is 361 g/mol.